The van der Waals surface area contributed by atoms with E-state index >= 15 is 0 Å². The van der Waals surface area contributed by atoms with Crippen molar-refractivity contribution in [2.75, 3.05) is 7.11 Å². The third-order valence-electron chi connectivity index (χ3n) is 6.25. The lowest BCUT2D eigenvalue weighted by atomic mass is 9.74. The van der Waals surface area contributed by atoms with Crippen LogP contribution in [0.1, 0.15) is 37.8 Å². The number of nitriles is 1. The fourth-order valence-electron chi connectivity index (χ4n) is 4.80. The van der Waals surface area contributed by atoms with Crippen LogP contribution in [-0.4, -0.2) is 18.7 Å². The molecule has 4 aromatic carbocycles. The Bertz CT molecular complexity index is 1530. The molecule has 0 fully saturated rings. The topological polar surface area (TPSA) is 67.2 Å². The van der Waals surface area contributed by atoms with Crippen molar-refractivity contribution >= 4 is 34.1 Å². The molecule has 0 aromatic heterocycles. The lowest BCUT2D eigenvalue weighted by Gasteiger charge is -2.28. The molecule has 1 aliphatic carbocycles. The number of methoxy groups -OCH3 is 1. The Labute approximate surface area is 188 Å². The van der Waals surface area contributed by atoms with Crippen LogP contribution >= 0.6 is 11.8 Å². The van der Waals surface area contributed by atoms with Crippen LogP contribution in [-0.2, 0) is 0 Å². The Morgan fingerprint density at radius 1 is 0.844 bits per heavy atom. The average Bonchev–Trinajstić information content (AvgIpc) is 2.83. The summed E-state index contributed by atoms with van der Waals surface area (Å²) in [4.78, 5) is 29.4. The maximum atomic E-state index is 13.7. The number of carbonyl (C=O) groups is 2. The molecule has 0 radical (unpaired) electrons. The predicted molar refractivity (Wildman–Crippen MR) is 123 cm³/mol. The summed E-state index contributed by atoms with van der Waals surface area (Å²) in [6, 6.07) is 22.8. The third-order valence-corrected chi connectivity index (χ3v) is 7.38. The van der Waals surface area contributed by atoms with Crippen molar-refractivity contribution in [3.63, 3.8) is 0 Å². The Morgan fingerprint density at radius 3 is 2.38 bits per heavy atom. The van der Waals surface area contributed by atoms with E-state index in [1.54, 1.807) is 49.2 Å². The van der Waals surface area contributed by atoms with Crippen molar-refractivity contribution in [1.82, 2.24) is 0 Å². The van der Waals surface area contributed by atoms with Crippen molar-refractivity contribution in [1.29, 1.82) is 5.26 Å². The summed E-state index contributed by atoms with van der Waals surface area (Å²) in [5, 5.41) is 11.5. The molecule has 2 aliphatic rings. The van der Waals surface area contributed by atoms with E-state index < -0.39 is 5.92 Å². The molecule has 0 bridgehead atoms. The second kappa shape index (κ2) is 6.81. The number of nitrogens with zero attached hydrogens (tertiary/aromatic N) is 1. The maximum Gasteiger partial charge on any atom is 0.180 e. The number of benzene rings is 4. The van der Waals surface area contributed by atoms with E-state index in [0.29, 0.717) is 33.4 Å². The first kappa shape index (κ1) is 18.9. The zero-order valence-electron chi connectivity index (χ0n) is 17.0. The first-order chi connectivity index (χ1) is 15.6. The number of carbonyl (C=O) groups excluding carboxylic acids is 2. The van der Waals surface area contributed by atoms with Crippen LogP contribution in [0.2, 0.25) is 0 Å². The zero-order chi connectivity index (χ0) is 22.0. The summed E-state index contributed by atoms with van der Waals surface area (Å²) in [6.07, 6.45) is 0. The van der Waals surface area contributed by atoms with Gasteiger partial charge in [-0.2, -0.15) is 5.26 Å². The maximum absolute atomic E-state index is 13.7. The molecule has 4 nitrogen and oxygen atoms in total. The Balaban J connectivity index is 1.66. The number of hydrogen-bond acceptors (Lipinski definition) is 5. The lowest BCUT2D eigenvalue weighted by molar-refractivity contribution is 0.0855. The van der Waals surface area contributed by atoms with Gasteiger partial charge in [-0.3, -0.25) is 9.59 Å². The van der Waals surface area contributed by atoms with Crippen molar-refractivity contribution in [3.05, 3.63) is 89.0 Å². The molecule has 0 N–H and O–H groups in total. The normalized spacial score (nSPS) is 15.9. The van der Waals surface area contributed by atoms with Gasteiger partial charge in [0.2, 0.25) is 0 Å². The van der Waals surface area contributed by atoms with Crippen LogP contribution in [0.5, 0.6) is 5.75 Å². The minimum atomic E-state index is -0.969. The van der Waals surface area contributed by atoms with Gasteiger partial charge in [-0.05, 0) is 53.1 Å². The van der Waals surface area contributed by atoms with Crippen LogP contribution in [0.25, 0.3) is 21.9 Å². The summed E-state index contributed by atoms with van der Waals surface area (Å²) in [5.74, 6) is -0.874. The minimum Gasteiger partial charge on any atom is -0.497 e. The van der Waals surface area contributed by atoms with E-state index in [1.165, 1.54) is 0 Å². The van der Waals surface area contributed by atoms with Crippen LogP contribution in [0.15, 0.2) is 76.5 Å². The van der Waals surface area contributed by atoms with E-state index in [4.69, 9.17) is 4.74 Å². The highest BCUT2D eigenvalue weighted by molar-refractivity contribution is 7.99. The highest BCUT2D eigenvalue weighted by Gasteiger charge is 2.40. The highest BCUT2D eigenvalue weighted by Crippen LogP contribution is 2.51. The van der Waals surface area contributed by atoms with Gasteiger partial charge in [0.15, 0.2) is 11.6 Å². The van der Waals surface area contributed by atoms with Gasteiger partial charge in [-0.1, -0.05) is 42.1 Å². The number of ether oxygens (including phenoxy) is 1. The summed E-state index contributed by atoms with van der Waals surface area (Å²) in [5.41, 5.74) is 3.67. The van der Waals surface area contributed by atoms with Crippen molar-refractivity contribution in [3.8, 4) is 22.9 Å². The van der Waals surface area contributed by atoms with Crippen LogP contribution in [0, 0.1) is 11.3 Å². The van der Waals surface area contributed by atoms with E-state index in [2.05, 4.69) is 6.07 Å². The number of rotatable bonds is 2. The number of ketones is 2. The number of Topliss-reactive ketones (excluding diaryl/α,β-unsaturated/α-hetero) is 2. The molecule has 0 spiro atoms. The standard InChI is InChI=1S/C27H15NO3S/c1-31-16-8-6-14(7-9-16)23-26(29)18-10-11-21-24-19(17-4-2-3-5-20(17)32-21)12-15(13-28)22(25(18)24)27(23)30/h2-12,23H,1H3. The lowest BCUT2D eigenvalue weighted by Crippen LogP contribution is -2.28. The summed E-state index contributed by atoms with van der Waals surface area (Å²) < 4.78 is 5.21. The zero-order valence-corrected chi connectivity index (χ0v) is 17.8. The molecular formula is C27H15NO3S. The average molecular weight is 433 g/mol. The quantitative estimate of drug-likeness (QED) is 0.319. The van der Waals surface area contributed by atoms with Gasteiger partial charge < -0.3 is 4.74 Å². The van der Waals surface area contributed by atoms with E-state index in [0.717, 1.165) is 26.3 Å². The first-order valence-electron chi connectivity index (χ1n) is 10.2. The third kappa shape index (κ3) is 2.44. The first-order valence-corrected chi connectivity index (χ1v) is 11.0. The Kier molecular flexibility index (Phi) is 4.01. The Morgan fingerprint density at radius 2 is 1.62 bits per heavy atom. The molecule has 32 heavy (non-hydrogen) atoms. The second-order valence-electron chi connectivity index (χ2n) is 7.85. The molecule has 152 valence electrons. The van der Waals surface area contributed by atoms with Gasteiger partial charge in [-0.25, -0.2) is 0 Å². The molecule has 1 heterocycles. The SMILES string of the molecule is COc1ccc(C2C(=O)c3ccc4c5c(cc(C#N)c(c35)C2=O)-c2ccccc2S4)cc1. The monoisotopic (exact) mass is 433 g/mol. The van der Waals surface area contributed by atoms with Gasteiger partial charge in [0.1, 0.15) is 11.7 Å². The van der Waals surface area contributed by atoms with Crippen molar-refractivity contribution < 1.29 is 14.3 Å². The molecule has 1 aliphatic heterocycles. The largest absolute Gasteiger partial charge is 0.497 e. The molecule has 1 unspecified atom stereocenters. The molecule has 0 saturated heterocycles. The number of hydrogen-bond donors (Lipinski definition) is 0. The van der Waals surface area contributed by atoms with Gasteiger partial charge >= 0.3 is 0 Å². The molecule has 0 amide bonds. The summed E-state index contributed by atoms with van der Waals surface area (Å²) in [7, 11) is 1.57. The Hall–Kier alpha value is -3.88. The highest BCUT2D eigenvalue weighted by atomic mass is 32.2. The van der Waals surface area contributed by atoms with E-state index in [9.17, 15) is 14.9 Å². The molecule has 5 heteroatoms. The van der Waals surface area contributed by atoms with Gasteiger partial charge in [0.05, 0.1) is 18.7 Å². The van der Waals surface area contributed by atoms with E-state index in [-0.39, 0.29) is 11.6 Å². The molecule has 0 saturated carbocycles. The van der Waals surface area contributed by atoms with Gasteiger partial charge in [0.25, 0.3) is 0 Å². The molecule has 4 aromatic rings. The molecule has 1 atom stereocenters. The smallest absolute Gasteiger partial charge is 0.180 e. The summed E-state index contributed by atoms with van der Waals surface area (Å²) in [6.45, 7) is 0. The number of fused-ring (bicyclic) bond motifs is 2. The van der Waals surface area contributed by atoms with Crippen LogP contribution < -0.4 is 4.74 Å². The van der Waals surface area contributed by atoms with E-state index in [1.807, 2.05) is 36.4 Å². The van der Waals surface area contributed by atoms with Crippen LogP contribution in [0.3, 0.4) is 0 Å². The fraction of sp³-hybridized carbons (Fsp3) is 0.0741. The fourth-order valence-corrected chi connectivity index (χ4v) is 5.92. The molecule has 6 rings (SSSR count). The van der Waals surface area contributed by atoms with Gasteiger partial charge in [-0.15, -0.1) is 0 Å². The summed E-state index contributed by atoms with van der Waals surface area (Å²) >= 11 is 1.62. The predicted octanol–water partition coefficient (Wildman–Crippen LogP) is 6.01. The van der Waals surface area contributed by atoms with Crippen LogP contribution in [0.4, 0.5) is 0 Å². The van der Waals surface area contributed by atoms with Gasteiger partial charge in [0, 0.05) is 31.7 Å². The minimum absolute atomic E-state index is 0.232. The van der Waals surface area contributed by atoms with Crippen molar-refractivity contribution in [2.24, 2.45) is 0 Å². The second-order valence-corrected chi connectivity index (χ2v) is 8.94. The van der Waals surface area contributed by atoms with Crippen molar-refractivity contribution in [2.45, 2.75) is 15.7 Å². The molecular weight excluding hydrogens is 418 g/mol.